The molecule has 23 heavy (non-hydrogen) atoms. The Labute approximate surface area is 141 Å². The van der Waals surface area contributed by atoms with Crippen molar-refractivity contribution in [3.8, 4) is 0 Å². The maximum atomic E-state index is 11.7. The van der Waals surface area contributed by atoms with Gasteiger partial charge in [-0.1, -0.05) is 23.7 Å². The second-order valence-electron chi connectivity index (χ2n) is 6.16. The summed E-state index contributed by atoms with van der Waals surface area (Å²) in [5, 5.41) is 0.785. The van der Waals surface area contributed by atoms with Crippen LogP contribution in [0.1, 0.15) is 11.1 Å². The van der Waals surface area contributed by atoms with Gasteiger partial charge in [0.1, 0.15) is 0 Å². The van der Waals surface area contributed by atoms with Gasteiger partial charge in [0.15, 0.2) is 0 Å². The molecule has 5 heteroatoms. The fraction of sp³-hybridized carbons (Fsp3) is 0.389. The summed E-state index contributed by atoms with van der Waals surface area (Å²) in [5.41, 5.74) is 2.46. The van der Waals surface area contributed by atoms with Crippen molar-refractivity contribution in [3.63, 3.8) is 0 Å². The van der Waals surface area contributed by atoms with Gasteiger partial charge in [-0.15, -0.1) is 0 Å². The van der Waals surface area contributed by atoms with Crippen molar-refractivity contribution in [2.45, 2.75) is 13.1 Å². The third-order valence-corrected chi connectivity index (χ3v) is 4.61. The predicted molar refractivity (Wildman–Crippen MR) is 93.7 cm³/mol. The lowest BCUT2D eigenvalue weighted by atomic mass is 10.2. The van der Waals surface area contributed by atoms with Crippen LogP contribution in [-0.2, 0) is 20.1 Å². The van der Waals surface area contributed by atoms with Crippen LogP contribution < -0.4 is 5.56 Å². The highest BCUT2D eigenvalue weighted by molar-refractivity contribution is 6.30. The largest absolute Gasteiger partial charge is 0.319 e. The first-order valence-electron chi connectivity index (χ1n) is 7.95. The highest BCUT2D eigenvalue weighted by Crippen LogP contribution is 2.13. The summed E-state index contributed by atoms with van der Waals surface area (Å²) in [5.74, 6) is 0. The molecule has 1 aliphatic rings. The lowest BCUT2D eigenvalue weighted by Crippen LogP contribution is -2.45. The van der Waals surface area contributed by atoms with Crippen LogP contribution in [0.5, 0.6) is 0 Å². The van der Waals surface area contributed by atoms with Crippen LogP contribution in [0.4, 0.5) is 0 Å². The van der Waals surface area contributed by atoms with Gasteiger partial charge in [0.2, 0.25) is 0 Å². The van der Waals surface area contributed by atoms with E-state index in [0.29, 0.717) is 0 Å². The van der Waals surface area contributed by atoms with E-state index in [0.717, 1.165) is 49.9 Å². The highest BCUT2D eigenvalue weighted by atomic mass is 35.5. The molecule has 0 saturated carbocycles. The molecule has 0 radical (unpaired) electrons. The van der Waals surface area contributed by atoms with Crippen molar-refractivity contribution in [1.82, 2.24) is 14.4 Å². The second kappa shape index (κ2) is 7.30. The molecule has 0 N–H and O–H groups in total. The minimum absolute atomic E-state index is 0.0591. The zero-order valence-electron chi connectivity index (χ0n) is 13.4. The van der Waals surface area contributed by atoms with Crippen molar-refractivity contribution in [2.24, 2.45) is 7.05 Å². The first-order valence-corrected chi connectivity index (χ1v) is 8.33. The Hall–Kier alpha value is -1.62. The van der Waals surface area contributed by atoms with Gasteiger partial charge < -0.3 is 4.57 Å². The number of nitrogens with zero attached hydrogens (tertiary/aromatic N) is 3. The number of hydrogen-bond donors (Lipinski definition) is 0. The Kier molecular flexibility index (Phi) is 5.16. The van der Waals surface area contributed by atoms with Gasteiger partial charge in [-0.2, -0.15) is 0 Å². The fourth-order valence-electron chi connectivity index (χ4n) is 2.90. The molecule has 0 spiro atoms. The lowest BCUT2D eigenvalue weighted by Gasteiger charge is -2.34. The molecule has 1 aromatic heterocycles. The molecule has 0 amide bonds. The molecule has 1 fully saturated rings. The van der Waals surface area contributed by atoms with Crippen LogP contribution in [0.25, 0.3) is 0 Å². The smallest absolute Gasteiger partial charge is 0.250 e. The molecule has 3 rings (SSSR count). The summed E-state index contributed by atoms with van der Waals surface area (Å²) >= 11 is 5.93. The van der Waals surface area contributed by atoms with E-state index in [1.807, 2.05) is 24.4 Å². The third-order valence-electron chi connectivity index (χ3n) is 4.36. The van der Waals surface area contributed by atoms with E-state index in [9.17, 15) is 4.79 Å². The summed E-state index contributed by atoms with van der Waals surface area (Å²) in [4.78, 5) is 16.6. The van der Waals surface area contributed by atoms with Crippen LogP contribution in [-0.4, -0.2) is 40.5 Å². The van der Waals surface area contributed by atoms with E-state index in [-0.39, 0.29) is 5.56 Å². The van der Waals surface area contributed by atoms with Gasteiger partial charge in [0, 0.05) is 63.6 Å². The highest BCUT2D eigenvalue weighted by Gasteiger charge is 2.17. The van der Waals surface area contributed by atoms with Crippen molar-refractivity contribution >= 4 is 11.6 Å². The summed E-state index contributed by atoms with van der Waals surface area (Å²) < 4.78 is 1.60. The molecule has 122 valence electrons. The summed E-state index contributed by atoms with van der Waals surface area (Å²) in [6.45, 7) is 5.98. The SMILES string of the molecule is Cn1ccc(CN2CCN(Cc3ccc(Cl)cc3)CC2)cc1=O. The van der Waals surface area contributed by atoms with E-state index in [1.54, 1.807) is 17.7 Å². The van der Waals surface area contributed by atoms with Crippen LogP contribution in [0.2, 0.25) is 5.02 Å². The van der Waals surface area contributed by atoms with E-state index < -0.39 is 0 Å². The average Bonchev–Trinajstić information content (AvgIpc) is 2.55. The number of halogens is 1. The molecule has 0 unspecified atom stereocenters. The molecule has 1 aromatic carbocycles. The first kappa shape index (κ1) is 16.2. The molecule has 0 bridgehead atoms. The number of pyridine rings is 1. The molecule has 1 aliphatic heterocycles. The van der Waals surface area contributed by atoms with Gasteiger partial charge in [-0.05, 0) is 29.3 Å². The van der Waals surface area contributed by atoms with E-state index in [1.165, 1.54) is 5.56 Å². The number of aromatic nitrogens is 1. The molecule has 0 aliphatic carbocycles. The number of benzene rings is 1. The van der Waals surface area contributed by atoms with Gasteiger partial charge in [-0.25, -0.2) is 0 Å². The minimum atomic E-state index is 0.0591. The van der Waals surface area contributed by atoms with Gasteiger partial charge in [0.25, 0.3) is 5.56 Å². The summed E-state index contributed by atoms with van der Waals surface area (Å²) in [7, 11) is 1.78. The van der Waals surface area contributed by atoms with Gasteiger partial charge in [0.05, 0.1) is 0 Å². The zero-order chi connectivity index (χ0) is 16.2. The van der Waals surface area contributed by atoms with E-state index >= 15 is 0 Å². The average molecular weight is 332 g/mol. The molecule has 0 atom stereocenters. The second-order valence-corrected chi connectivity index (χ2v) is 6.60. The molecular formula is C18H22ClN3O. The van der Waals surface area contributed by atoms with Crippen molar-refractivity contribution in [2.75, 3.05) is 26.2 Å². The van der Waals surface area contributed by atoms with Crippen LogP contribution in [0, 0.1) is 0 Å². The maximum Gasteiger partial charge on any atom is 0.250 e. The molecule has 1 saturated heterocycles. The third kappa shape index (κ3) is 4.44. The van der Waals surface area contributed by atoms with E-state index in [4.69, 9.17) is 11.6 Å². The van der Waals surface area contributed by atoms with Gasteiger partial charge in [-0.3, -0.25) is 14.6 Å². The molecule has 4 nitrogen and oxygen atoms in total. The minimum Gasteiger partial charge on any atom is -0.319 e. The van der Waals surface area contributed by atoms with Crippen LogP contribution in [0.3, 0.4) is 0 Å². The number of hydrogen-bond acceptors (Lipinski definition) is 3. The Morgan fingerprint density at radius 1 is 0.913 bits per heavy atom. The monoisotopic (exact) mass is 331 g/mol. The maximum absolute atomic E-state index is 11.7. The molecule has 2 heterocycles. The first-order chi connectivity index (χ1) is 11.1. The predicted octanol–water partition coefficient (Wildman–Crippen LogP) is 2.36. The topological polar surface area (TPSA) is 28.5 Å². The Morgan fingerprint density at radius 2 is 1.48 bits per heavy atom. The van der Waals surface area contributed by atoms with E-state index in [2.05, 4.69) is 21.9 Å². The number of aryl methyl sites for hydroxylation is 1. The van der Waals surface area contributed by atoms with Crippen LogP contribution in [0.15, 0.2) is 47.4 Å². The van der Waals surface area contributed by atoms with Gasteiger partial charge >= 0.3 is 0 Å². The Morgan fingerprint density at radius 3 is 2.04 bits per heavy atom. The fourth-order valence-corrected chi connectivity index (χ4v) is 3.03. The number of rotatable bonds is 4. The number of piperazine rings is 1. The normalized spacial score (nSPS) is 16.6. The summed E-state index contributed by atoms with van der Waals surface area (Å²) in [6, 6.07) is 11.8. The lowest BCUT2D eigenvalue weighted by molar-refractivity contribution is 0.122. The standard InChI is InChI=1S/C18H22ClN3O/c1-20-7-6-16(12-18(20)23)14-22-10-8-21(9-11-22)13-15-2-4-17(19)5-3-15/h2-7,12H,8-11,13-14H2,1H3. The Balaban J connectivity index is 1.51. The van der Waals surface area contributed by atoms with Crippen molar-refractivity contribution < 1.29 is 0 Å². The Bertz CT molecular complexity index is 703. The summed E-state index contributed by atoms with van der Waals surface area (Å²) in [6.07, 6.45) is 1.84. The van der Waals surface area contributed by atoms with Crippen molar-refractivity contribution in [3.05, 3.63) is 69.1 Å². The van der Waals surface area contributed by atoms with Crippen LogP contribution >= 0.6 is 11.6 Å². The molecule has 2 aromatic rings. The quantitative estimate of drug-likeness (QED) is 0.861. The molecular weight excluding hydrogens is 310 g/mol. The van der Waals surface area contributed by atoms with Crippen molar-refractivity contribution in [1.29, 1.82) is 0 Å². The zero-order valence-corrected chi connectivity index (χ0v) is 14.2.